The Morgan fingerprint density at radius 2 is 2.26 bits per heavy atom. The molecular weight excluding hydrogens is 242 g/mol. The van der Waals surface area contributed by atoms with Crippen LogP contribution in [0, 0.1) is 5.92 Å². The number of ether oxygens (including phenoxy) is 1. The van der Waals surface area contributed by atoms with E-state index in [9.17, 15) is 4.79 Å². The van der Waals surface area contributed by atoms with Crippen molar-refractivity contribution in [1.29, 1.82) is 0 Å². The van der Waals surface area contributed by atoms with Gasteiger partial charge in [0.15, 0.2) is 0 Å². The van der Waals surface area contributed by atoms with Crippen molar-refractivity contribution in [3.05, 3.63) is 23.7 Å². The Hall–Kier alpha value is -1.29. The Balaban J connectivity index is 1.81. The fourth-order valence-electron chi connectivity index (χ4n) is 2.63. The molecule has 0 aromatic carbocycles. The van der Waals surface area contributed by atoms with Crippen LogP contribution in [-0.2, 0) is 11.3 Å². The normalized spacial score (nSPS) is 23.9. The number of hydrogen-bond acceptors (Lipinski definition) is 4. The van der Waals surface area contributed by atoms with Crippen molar-refractivity contribution in [2.75, 3.05) is 7.11 Å². The highest BCUT2D eigenvalue weighted by Gasteiger charge is 2.16. The lowest BCUT2D eigenvalue weighted by Crippen LogP contribution is -2.27. The molecule has 0 radical (unpaired) electrons. The topological polar surface area (TPSA) is 51.5 Å². The van der Waals surface area contributed by atoms with Crippen LogP contribution in [0.15, 0.2) is 16.7 Å². The van der Waals surface area contributed by atoms with Crippen molar-refractivity contribution in [3.63, 3.8) is 0 Å². The average Bonchev–Trinajstić information content (AvgIpc) is 2.79. The maximum absolute atomic E-state index is 11.3. The van der Waals surface area contributed by atoms with Gasteiger partial charge in [0.05, 0.1) is 19.2 Å². The summed E-state index contributed by atoms with van der Waals surface area (Å²) in [6, 6.07) is 2.31. The van der Waals surface area contributed by atoms with Crippen LogP contribution in [0.25, 0.3) is 0 Å². The first-order chi connectivity index (χ1) is 9.19. The van der Waals surface area contributed by atoms with E-state index >= 15 is 0 Å². The number of carbonyl (C=O) groups excluding carboxylic acids is 1. The quantitative estimate of drug-likeness (QED) is 0.671. The fourth-order valence-corrected chi connectivity index (χ4v) is 2.63. The molecule has 4 nitrogen and oxygen atoms in total. The molecule has 2 atom stereocenters. The lowest BCUT2D eigenvalue weighted by atomic mass is 10.0. The standard InChI is InChI=1S/C15H23NO3/c1-11-4-3-5-13(7-6-11)16-9-14-8-12(10-19-14)15(17)18-2/h8,10-11,13,16H,3-7,9H2,1-2H3. The lowest BCUT2D eigenvalue weighted by molar-refractivity contribution is 0.0600. The Bertz CT molecular complexity index is 413. The van der Waals surface area contributed by atoms with Gasteiger partial charge in [0, 0.05) is 6.04 Å². The van der Waals surface area contributed by atoms with Crippen molar-refractivity contribution in [3.8, 4) is 0 Å². The van der Waals surface area contributed by atoms with E-state index in [-0.39, 0.29) is 5.97 Å². The van der Waals surface area contributed by atoms with Crippen LogP contribution in [0.2, 0.25) is 0 Å². The molecule has 0 bridgehead atoms. The van der Waals surface area contributed by atoms with Gasteiger partial charge in [-0.1, -0.05) is 19.8 Å². The first-order valence-corrected chi connectivity index (χ1v) is 7.08. The number of carbonyl (C=O) groups is 1. The number of methoxy groups -OCH3 is 1. The predicted octanol–water partition coefficient (Wildman–Crippen LogP) is 3.12. The first-order valence-electron chi connectivity index (χ1n) is 7.08. The van der Waals surface area contributed by atoms with E-state index in [1.165, 1.54) is 45.5 Å². The minimum Gasteiger partial charge on any atom is -0.467 e. The summed E-state index contributed by atoms with van der Waals surface area (Å²) in [4.78, 5) is 11.3. The molecule has 2 rings (SSSR count). The summed E-state index contributed by atoms with van der Waals surface area (Å²) in [6.45, 7) is 3.01. The predicted molar refractivity (Wildman–Crippen MR) is 72.9 cm³/mol. The maximum Gasteiger partial charge on any atom is 0.341 e. The zero-order chi connectivity index (χ0) is 13.7. The van der Waals surface area contributed by atoms with Crippen LogP contribution < -0.4 is 5.32 Å². The SMILES string of the molecule is COC(=O)c1coc(CNC2CCCC(C)CC2)c1. The van der Waals surface area contributed by atoms with Crippen LogP contribution in [0.5, 0.6) is 0 Å². The second-order valence-corrected chi connectivity index (χ2v) is 5.48. The molecule has 1 N–H and O–H groups in total. The highest BCUT2D eigenvalue weighted by molar-refractivity contribution is 5.88. The number of nitrogens with one attached hydrogen (secondary N) is 1. The van der Waals surface area contributed by atoms with Gasteiger partial charge >= 0.3 is 5.97 Å². The second-order valence-electron chi connectivity index (χ2n) is 5.48. The summed E-state index contributed by atoms with van der Waals surface area (Å²) >= 11 is 0. The van der Waals surface area contributed by atoms with Crippen molar-refractivity contribution < 1.29 is 13.9 Å². The second kappa shape index (κ2) is 6.75. The minimum absolute atomic E-state index is 0.349. The van der Waals surface area contributed by atoms with Crippen LogP contribution in [0.4, 0.5) is 0 Å². The van der Waals surface area contributed by atoms with Crippen molar-refractivity contribution in [2.24, 2.45) is 5.92 Å². The van der Waals surface area contributed by atoms with E-state index < -0.39 is 0 Å². The highest BCUT2D eigenvalue weighted by Crippen LogP contribution is 2.23. The molecule has 0 spiro atoms. The molecule has 1 saturated carbocycles. The minimum atomic E-state index is -0.349. The summed E-state index contributed by atoms with van der Waals surface area (Å²) in [7, 11) is 1.37. The van der Waals surface area contributed by atoms with E-state index in [2.05, 4.69) is 17.0 Å². The van der Waals surface area contributed by atoms with Gasteiger partial charge in [0.2, 0.25) is 0 Å². The lowest BCUT2D eigenvalue weighted by Gasteiger charge is -2.15. The molecule has 19 heavy (non-hydrogen) atoms. The van der Waals surface area contributed by atoms with Crippen LogP contribution in [-0.4, -0.2) is 19.1 Å². The third-order valence-corrected chi connectivity index (χ3v) is 3.90. The zero-order valence-electron chi connectivity index (χ0n) is 11.8. The summed E-state index contributed by atoms with van der Waals surface area (Å²) in [5.74, 6) is 1.29. The molecule has 1 heterocycles. The Kier molecular flexibility index (Phi) is 5.02. The average molecular weight is 265 g/mol. The van der Waals surface area contributed by atoms with E-state index in [1.807, 2.05) is 0 Å². The molecule has 0 aliphatic heterocycles. The van der Waals surface area contributed by atoms with E-state index in [0.717, 1.165) is 11.7 Å². The molecule has 0 amide bonds. The van der Waals surface area contributed by atoms with Gasteiger partial charge < -0.3 is 14.5 Å². The van der Waals surface area contributed by atoms with Gasteiger partial charge in [-0.15, -0.1) is 0 Å². The van der Waals surface area contributed by atoms with Crippen LogP contribution >= 0.6 is 0 Å². The molecule has 1 fully saturated rings. The third-order valence-electron chi connectivity index (χ3n) is 3.90. The molecule has 2 unspecified atom stereocenters. The highest BCUT2D eigenvalue weighted by atomic mass is 16.5. The largest absolute Gasteiger partial charge is 0.467 e. The summed E-state index contributed by atoms with van der Waals surface area (Å²) < 4.78 is 10.0. The molecular formula is C15H23NO3. The maximum atomic E-state index is 11.3. The summed E-state index contributed by atoms with van der Waals surface area (Å²) in [6.07, 6.45) is 7.84. The number of furan rings is 1. The van der Waals surface area contributed by atoms with E-state index in [1.54, 1.807) is 6.07 Å². The van der Waals surface area contributed by atoms with E-state index in [4.69, 9.17) is 4.42 Å². The third kappa shape index (κ3) is 4.10. The summed E-state index contributed by atoms with van der Waals surface area (Å²) in [5, 5.41) is 3.52. The fraction of sp³-hybridized carbons (Fsp3) is 0.667. The van der Waals surface area contributed by atoms with Gasteiger partial charge in [-0.05, 0) is 31.2 Å². The summed E-state index contributed by atoms with van der Waals surface area (Å²) in [5.41, 5.74) is 0.480. The van der Waals surface area contributed by atoms with Crippen molar-refractivity contribution >= 4 is 5.97 Å². The molecule has 1 aliphatic carbocycles. The zero-order valence-corrected chi connectivity index (χ0v) is 11.8. The Morgan fingerprint density at radius 1 is 1.42 bits per heavy atom. The molecule has 0 saturated heterocycles. The Labute approximate surface area is 114 Å². The molecule has 1 aromatic rings. The van der Waals surface area contributed by atoms with Crippen LogP contribution in [0.1, 0.15) is 55.1 Å². The number of esters is 1. The molecule has 106 valence electrons. The van der Waals surface area contributed by atoms with Gasteiger partial charge in [0.1, 0.15) is 12.0 Å². The van der Waals surface area contributed by atoms with Gasteiger partial charge in [-0.3, -0.25) is 0 Å². The number of hydrogen-bond donors (Lipinski definition) is 1. The smallest absolute Gasteiger partial charge is 0.341 e. The van der Waals surface area contributed by atoms with Crippen molar-refractivity contribution in [1.82, 2.24) is 5.32 Å². The Morgan fingerprint density at radius 3 is 3.05 bits per heavy atom. The molecule has 1 aliphatic rings. The monoisotopic (exact) mass is 265 g/mol. The molecule has 1 aromatic heterocycles. The van der Waals surface area contributed by atoms with Gasteiger partial charge in [0.25, 0.3) is 0 Å². The van der Waals surface area contributed by atoms with Gasteiger partial charge in [-0.2, -0.15) is 0 Å². The molecule has 4 heteroatoms. The first kappa shape index (κ1) is 14.1. The van der Waals surface area contributed by atoms with Gasteiger partial charge in [-0.25, -0.2) is 4.79 Å². The van der Waals surface area contributed by atoms with Crippen LogP contribution in [0.3, 0.4) is 0 Å². The number of rotatable bonds is 4. The van der Waals surface area contributed by atoms with Crippen molar-refractivity contribution in [2.45, 2.75) is 51.6 Å². The van der Waals surface area contributed by atoms with E-state index in [0.29, 0.717) is 18.2 Å².